The number of amides is 2. The Balaban J connectivity index is 1.40. The fourth-order valence-corrected chi connectivity index (χ4v) is 4.82. The molecule has 0 fully saturated rings. The van der Waals surface area contributed by atoms with Crippen LogP contribution < -0.4 is 15.4 Å². The fourth-order valence-electron chi connectivity index (χ4n) is 2.66. The Labute approximate surface area is 211 Å². The van der Waals surface area contributed by atoms with Gasteiger partial charge in [0.05, 0.1) is 24.2 Å². The molecule has 0 atom stereocenters. The summed E-state index contributed by atoms with van der Waals surface area (Å²) in [4.78, 5) is 25.0. The highest BCUT2D eigenvalue weighted by atomic mass is 32.2. The first-order valence-corrected chi connectivity index (χ1v) is 12.9. The molecule has 0 spiro atoms. The highest BCUT2D eigenvalue weighted by Crippen LogP contribution is 2.27. The lowest BCUT2D eigenvalue weighted by molar-refractivity contribution is -0.113. The molecule has 3 aromatic heterocycles. The van der Waals surface area contributed by atoms with Crippen LogP contribution in [0.15, 0.2) is 34.8 Å². The lowest BCUT2D eigenvalue weighted by atomic mass is 10.3. The van der Waals surface area contributed by atoms with E-state index in [1.807, 2.05) is 6.92 Å². The number of halogens is 1. The summed E-state index contributed by atoms with van der Waals surface area (Å²) < 4.78 is 20.9. The van der Waals surface area contributed by atoms with Crippen molar-refractivity contribution >= 4 is 56.5 Å². The average Bonchev–Trinajstić information content (AvgIpc) is 3.57. The van der Waals surface area contributed by atoms with Crippen molar-refractivity contribution in [1.29, 1.82) is 0 Å². The van der Waals surface area contributed by atoms with Gasteiger partial charge in [0.1, 0.15) is 10.8 Å². The van der Waals surface area contributed by atoms with Crippen molar-refractivity contribution < 1.29 is 18.7 Å². The third-order valence-corrected chi connectivity index (χ3v) is 6.90. The first-order chi connectivity index (χ1) is 16.9. The molecule has 3 heterocycles. The van der Waals surface area contributed by atoms with Crippen LogP contribution in [0, 0.1) is 12.7 Å². The van der Waals surface area contributed by atoms with Crippen molar-refractivity contribution in [1.82, 2.24) is 30.2 Å². The van der Waals surface area contributed by atoms with Gasteiger partial charge in [0.2, 0.25) is 16.2 Å². The summed E-state index contributed by atoms with van der Waals surface area (Å²) in [5.41, 5.74) is 0.627. The minimum absolute atomic E-state index is 0.0545. The molecule has 0 bridgehead atoms. The molecule has 2 amide bonds. The molecule has 4 aromatic rings. The number of anilines is 2. The number of thioether (sulfide) groups is 1. The summed E-state index contributed by atoms with van der Waals surface area (Å²) in [5, 5.41) is 26.7. The van der Waals surface area contributed by atoms with Crippen molar-refractivity contribution in [3.05, 3.63) is 47.0 Å². The smallest absolute Gasteiger partial charge is 0.281 e. The Morgan fingerprint density at radius 1 is 1.09 bits per heavy atom. The lowest BCUT2D eigenvalue weighted by Gasteiger charge is -2.03. The molecular formula is C20H19FN8O3S3. The van der Waals surface area contributed by atoms with Gasteiger partial charge in [-0.3, -0.25) is 20.2 Å². The maximum absolute atomic E-state index is 13.3. The molecule has 0 aliphatic heterocycles. The van der Waals surface area contributed by atoms with Gasteiger partial charge in [0.25, 0.3) is 5.91 Å². The highest BCUT2D eigenvalue weighted by Gasteiger charge is 2.21. The maximum Gasteiger partial charge on any atom is 0.281 e. The van der Waals surface area contributed by atoms with Crippen molar-refractivity contribution in [3.63, 3.8) is 0 Å². The molecular weight excluding hydrogens is 515 g/mol. The Morgan fingerprint density at radius 2 is 1.83 bits per heavy atom. The first kappa shape index (κ1) is 24.7. The first-order valence-electron chi connectivity index (χ1n) is 10.3. The van der Waals surface area contributed by atoms with E-state index in [0.29, 0.717) is 21.8 Å². The zero-order valence-corrected chi connectivity index (χ0v) is 21.0. The molecule has 35 heavy (non-hydrogen) atoms. The molecule has 0 aliphatic rings. The van der Waals surface area contributed by atoms with Gasteiger partial charge in [-0.15, -0.1) is 20.4 Å². The van der Waals surface area contributed by atoms with E-state index in [9.17, 15) is 14.0 Å². The van der Waals surface area contributed by atoms with E-state index in [4.69, 9.17) is 4.74 Å². The minimum Gasteiger partial charge on any atom is -0.489 e. The van der Waals surface area contributed by atoms with Crippen LogP contribution >= 0.6 is 34.4 Å². The van der Waals surface area contributed by atoms with E-state index < -0.39 is 5.91 Å². The topological polar surface area (TPSA) is 137 Å². The summed E-state index contributed by atoms with van der Waals surface area (Å²) in [7, 11) is 0. The van der Waals surface area contributed by atoms with Gasteiger partial charge in [-0.05, 0) is 37.6 Å². The van der Waals surface area contributed by atoms with Gasteiger partial charge in [-0.1, -0.05) is 41.4 Å². The largest absolute Gasteiger partial charge is 0.489 e. The summed E-state index contributed by atoms with van der Waals surface area (Å²) in [5.74, 6) is -0.779. The van der Waals surface area contributed by atoms with Gasteiger partial charge < -0.3 is 4.74 Å². The number of aryl methyl sites for hydroxylation is 1. The normalized spacial score (nSPS) is 10.8. The van der Waals surface area contributed by atoms with Crippen LogP contribution in [0.1, 0.15) is 28.8 Å². The van der Waals surface area contributed by atoms with Gasteiger partial charge in [0, 0.05) is 0 Å². The second-order valence-corrected chi connectivity index (χ2v) is 10.3. The number of nitrogens with one attached hydrogen (secondary N) is 2. The van der Waals surface area contributed by atoms with E-state index >= 15 is 0 Å². The zero-order valence-electron chi connectivity index (χ0n) is 18.5. The van der Waals surface area contributed by atoms with Crippen molar-refractivity contribution in [2.75, 3.05) is 23.0 Å². The quantitative estimate of drug-likeness (QED) is 0.230. The average molecular weight is 535 g/mol. The van der Waals surface area contributed by atoms with E-state index in [1.165, 1.54) is 39.9 Å². The van der Waals surface area contributed by atoms with Gasteiger partial charge in [-0.2, -0.15) is 5.10 Å². The Bertz CT molecular complexity index is 1320. The number of benzene rings is 1. The van der Waals surface area contributed by atoms with Gasteiger partial charge in [0.15, 0.2) is 15.8 Å². The van der Waals surface area contributed by atoms with Crippen LogP contribution in [0.5, 0.6) is 5.75 Å². The molecule has 11 nitrogen and oxygen atoms in total. The highest BCUT2D eigenvalue weighted by molar-refractivity contribution is 8.01. The number of carbonyl (C=O) groups is 2. The van der Waals surface area contributed by atoms with Crippen LogP contribution in [0.25, 0.3) is 5.69 Å². The summed E-state index contributed by atoms with van der Waals surface area (Å²) in [6, 6.07) is 5.70. The van der Waals surface area contributed by atoms with Crippen molar-refractivity contribution in [3.8, 4) is 11.4 Å². The number of rotatable bonds is 10. The van der Waals surface area contributed by atoms with E-state index in [2.05, 4.69) is 36.1 Å². The molecule has 0 saturated heterocycles. The Hall–Kier alpha value is -3.43. The summed E-state index contributed by atoms with van der Waals surface area (Å²) >= 11 is 3.58. The fraction of sp³-hybridized carbons (Fsp3) is 0.250. The predicted octanol–water partition coefficient (Wildman–Crippen LogP) is 3.79. The molecule has 15 heteroatoms. The maximum atomic E-state index is 13.3. The van der Waals surface area contributed by atoms with E-state index in [0.717, 1.165) is 22.8 Å². The van der Waals surface area contributed by atoms with Gasteiger partial charge in [-0.25, -0.2) is 9.07 Å². The number of carbonyl (C=O) groups excluding carboxylic acids is 2. The number of ether oxygens (including phenoxy) is 1. The molecule has 2 N–H and O–H groups in total. The Morgan fingerprint density at radius 3 is 2.54 bits per heavy atom. The number of hydrogen-bond acceptors (Lipinski definition) is 11. The van der Waals surface area contributed by atoms with Crippen LogP contribution in [0.4, 0.5) is 14.7 Å². The number of hydrogen-bond donors (Lipinski definition) is 2. The third-order valence-electron chi connectivity index (χ3n) is 4.17. The second kappa shape index (κ2) is 11.3. The number of aromatic nitrogens is 6. The standard InChI is InChI=1S/C20H19FN8O3S3/c1-3-8-32-14-9-29(13-6-4-12(21)5-7-13)28-16(14)17(31)23-19-26-27-20(35-19)33-10-15(30)22-18-25-24-11(2)34-18/h4-7,9H,3,8,10H2,1-2H3,(H,22,25,30)(H,23,26,31). The molecule has 0 aliphatic carbocycles. The van der Waals surface area contributed by atoms with Crippen LogP contribution in [-0.4, -0.2) is 54.3 Å². The van der Waals surface area contributed by atoms with Gasteiger partial charge >= 0.3 is 0 Å². The predicted molar refractivity (Wildman–Crippen MR) is 131 cm³/mol. The zero-order chi connectivity index (χ0) is 24.8. The van der Waals surface area contributed by atoms with E-state index in [-0.39, 0.29) is 34.1 Å². The molecule has 4 rings (SSSR count). The number of nitrogens with zero attached hydrogens (tertiary/aromatic N) is 6. The third kappa shape index (κ3) is 6.58. The molecule has 0 saturated carbocycles. The monoisotopic (exact) mass is 534 g/mol. The molecule has 182 valence electrons. The van der Waals surface area contributed by atoms with Crippen LogP contribution in [0.3, 0.4) is 0 Å². The SMILES string of the molecule is CCCOc1cn(-c2ccc(F)cc2)nc1C(=O)Nc1nnc(SCC(=O)Nc2nnc(C)s2)s1. The van der Waals surface area contributed by atoms with E-state index in [1.54, 1.807) is 25.3 Å². The summed E-state index contributed by atoms with van der Waals surface area (Å²) in [6.45, 7) is 4.14. The van der Waals surface area contributed by atoms with Crippen molar-refractivity contribution in [2.24, 2.45) is 0 Å². The minimum atomic E-state index is -0.533. The van der Waals surface area contributed by atoms with Crippen LogP contribution in [0.2, 0.25) is 0 Å². The van der Waals surface area contributed by atoms with Crippen molar-refractivity contribution in [2.45, 2.75) is 24.6 Å². The molecule has 0 unspecified atom stereocenters. The molecule has 1 aromatic carbocycles. The summed E-state index contributed by atoms with van der Waals surface area (Å²) in [6.07, 6.45) is 2.31. The van der Waals surface area contributed by atoms with Crippen LogP contribution in [-0.2, 0) is 4.79 Å². The lowest BCUT2D eigenvalue weighted by Crippen LogP contribution is -2.14. The Kier molecular flexibility index (Phi) is 7.99. The molecule has 0 radical (unpaired) electrons. The second-order valence-electron chi connectivity index (χ2n) is 6.90.